The zero-order chi connectivity index (χ0) is 29.4. The van der Waals surface area contributed by atoms with E-state index in [4.69, 9.17) is 5.73 Å². The zero-order valence-corrected chi connectivity index (χ0v) is 25.1. The highest BCUT2D eigenvalue weighted by atomic mass is 32.2. The van der Waals surface area contributed by atoms with E-state index < -0.39 is 46.6 Å². The van der Waals surface area contributed by atoms with Crippen LogP contribution in [0.4, 0.5) is 0 Å². The van der Waals surface area contributed by atoms with Gasteiger partial charge in [-0.1, -0.05) is 60.7 Å². The molecule has 2 aliphatic heterocycles. The van der Waals surface area contributed by atoms with Crippen molar-refractivity contribution in [3.63, 3.8) is 0 Å². The van der Waals surface area contributed by atoms with Gasteiger partial charge in [0.1, 0.15) is 18.1 Å². The van der Waals surface area contributed by atoms with E-state index in [-0.39, 0.29) is 18.2 Å². The van der Waals surface area contributed by atoms with Gasteiger partial charge in [-0.15, -0.1) is 0 Å². The van der Waals surface area contributed by atoms with E-state index >= 15 is 0 Å². The summed E-state index contributed by atoms with van der Waals surface area (Å²) in [5.41, 5.74) is 7.64. The highest BCUT2D eigenvalue weighted by Gasteiger charge is 2.39. The summed E-state index contributed by atoms with van der Waals surface area (Å²) in [5.74, 6) is -0.110. The molecule has 0 aliphatic carbocycles. The minimum absolute atomic E-state index is 0.00245. The number of hydrogen-bond donors (Lipinski definition) is 5. The van der Waals surface area contributed by atoms with Crippen molar-refractivity contribution in [1.29, 1.82) is 0 Å². The monoisotopic (exact) mass is 597 g/mol. The molecule has 9 nitrogen and oxygen atoms in total. The molecule has 11 heteroatoms. The molecule has 2 saturated heterocycles. The molecule has 4 rings (SSSR count). The molecule has 0 bridgehead atoms. The fourth-order valence-corrected chi connectivity index (χ4v) is 7.60. The van der Waals surface area contributed by atoms with E-state index in [0.717, 1.165) is 17.5 Å². The van der Waals surface area contributed by atoms with Crippen molar-refractivity contribution in [3.8, 4) is 0 Å². The van der Waals surface area contributed by atoms with Gasteiger partial charge in [0, 0.05) is 34.3 Å². The number of nitrogens with two attached hydrogens (primary N) is 1. The predicted octanol–water partition coefficient (Wildman–Crippen LogP) is 1.57. The van der Waals surface area contributed by atoms with E-state index in [2.05, 4.69) is 21.3 Å². The molecular formula is C30H39N5O4S2. The first-order chi connectivity index (χ1) is 19.7. The smallest absolute Gasteiger partial charge is 0.244 e. The fourth-order valence-electron chi connectivity index (χ4n) is 5.29. The summed E-state index contributed by atoms with van der Waals surface area (Å²) in [6, 6.07) is 16.0. The molecule has 1 unspecified atom stereocenters. The summed E-state index contributed by atoms with van der Waals surface area (Å²) in [6.07, 6.45) is 1.03. The van der Waals surface area contributed by atoms with Crippen molar-refractivity contribution in [1.82, 2.24) is 21.3 Å². The van der Waals surface area contributed by atoms with E-state index in [1.165, 1.54) is 11.8 Å². The van der Waals surface area contributed by atoms with Crippen molar-refractivity contribution in [2.24, 2.45) is 5.73 Å². The number of benzene rings is 2. The van der Waals surface area contributed by atoms with Crippen LogP contribution in [0.3, 0.4) is 0 Å². The van der Waals surface area contributed by atoms with Gasteiger partial charge < -0.3 is 27.0 Å². The number of carbonyl (C=O) groups excluding carboxylic acids is 4. The molecule has 2 heterocycles. The minimum atomic E-state index is -0.973. The van der Waals surface area contributed by atoms with Crippen LogP contribution in [-0.2, 0) is 25.6 Å². The van der Waals surface area contributed by atoms with E-state index in [9.17, 15) is 19.2 Å². The second-order valence-electron chi connectivity index (χ2n) is 10.9. The molecule has 5 atom stereocenters. The summed E-state index contributed by atoms with van der Waals surface area (Å²) in [7, 11) is 0. The number of amides is 4. The van der Waals surface area contributed by atoms with Gasteiger partial charge in [0.2, 0.25) is 23.6 Å². The third kappa shape index (κ3) is 8.27. The van der Waals surface area contributed by atoms with Crippen LogP contribution in [0.5, 0.6) is 0 Å². The Bertz CT molecular complexity index is 1210. The Morgan fingerprint density at radius 1 is 0.976 bits per heavy atom. The van der Waals surface area contributed by atoms with Crippen LogP contribution in [0.15, 0.2) is 60.7 Å². The first-order valence-electron chi connectivity index (χ1n) is 13.9. The maximum atomic E-state index is 13.7. The van der Waals surface area contributed by atoms with Gasteiger partial charge in [-0.05, 0) is 37.9 Å². The normalized spacial score (nSPS) is 27.3. The summed E-state index contributed by atoms with van der Waals surface area (Å²) < 4.78 is -0.661. The summed E-state index contributed by atoms with van der Waals surface area (Å²) in [5, 5.41) is 11.9. The molecule has 2 aromatic carbocycles. The van der Waals surface area contributed by atoms with Gasteiger partial charge in [0.15, 0.2) is 0 Å². The van der Waals surface area contributed by atoms with Crippen LogP contribution >= 0.6 is 23.5 Å². The standard InChI is InChI=1S/C30H39N5O4S2/c1-30(2)25(26(31)36)35-27(37)22(17-19-9-5-3-6-10-19)33-28(38)23(18-40-15-16-41-30)34-29(39)24-21(13-14-32-24)20-11-7-4-8-12-20/h3-12,21-25,32H,13-18H2,1-2H3,(H2,31,36)(H,33,38)(H,34,39)(H,35,37)/t21-,22-,23?,24-,25-/m0/s1. The first kappa shape index (κ1) is 30.9. The lowest BCUT2D eigenvalue weighted by Crippen LogP contribution is -2.61. The maximum Gasteiger partial charge on any atom is 0.244 e. The van der Waals surface area contributed by atoms with Crippen molar-refractivity contribution in [2.75, 3.05) is 23.8 Å². The molecule has 41 heavy (non-hydrogen) atoms. The first-order valence-corrected chi connectivity index (χ1v) is 16.0. The van der Waals surface area contributed by atoms with Crippen LogP contribution in [0.2, 0.25) is 0 Å². The van der Waals surface area contributed by atoms with Gasteiger partial charge in [-0.25, -0.2) is 0 Å². The topological polar surface area (TPSA) is 142 Å². The number of rotatable bonds is 6. The molecule has 6 N–H and O–H groups in total. The summed E-state index contributed by atoms with van der Waals surface area (Å²) >= 11 is 3.09. The van der Waals surface area contributed by atoms with Crippen molar-refractivity contribution >= 4 is 47.2 Å². The largest absolute Gasteiger partial charge is 0.368 e. The van der Waals surface area contributed by atoms with E-state index in [0.29, 0.717) is 23.8 Å². The summed E-state index contributed by atoms with van der Waals surface area (Å²) in [4.78, 5) is 53.2. The van der Waals surface area contributed by atoms with E-state index in [1.54, 1.807) is 11.8 Å². The third-order valence-corrected chi connectivity index (χ3v) is 10.2. The van der Waals surface area contributed by atoms with Gasteiger partial charge >= 0.3 is 0 Å². The molecule has 0 radical (unpaired) electrons. The Kier molecular flexibility index (Phi) is 10.7. The maximum absolute atomic E-state index is 13.7. The molecule has 220 valence electrons. The van der Waals surface area contributed by atoms with Crippen LogP contribution in [0.1, 0.15) is 37.3 Å². The number of nitrogens with one attached hydrogen (secondary N) is 4. The minimum Gasteiger partial charge on any atom is -0.368 e. The lowest BCUT2D eigenvalue weighted by molar-refractivity contribution is -0.133. The molecule has 2 aliphatic rings. The molecule has 4 amide bonds. The SMILES string of the molecule is CC1(C)SCCSCC(NC(=O)[C@H]2NCC[C@H]2c2ccccc2)C(=O)N[C@@H](Cc2ccccc2)C(=O)N[C@H]1C(N)=O. The van der Waals surface area contributed by atoms with Crippen molar-refractivity contribution in [2.45, 2.75) is 61.5 Å². The van der Waals surface area contributed by atoms with E-state index in [1.807, 2.05) is 74.5 Å². The van der Waals surface area contributed by atoms with Crippen LogP contribution in [0.25, 0.3) is 0 Å². The number of hydrogen-bond acceptors (Lipinski definition) is 7. The zero-order valence-electron chi connectivity index (χ0n) is 23.4. The molecule has 0 aromatic heterocycles. The predicted molar refractivity (Wildman–Crippen MR) is 165 cm³/mol. The lowest BCUT2D eigenvalue weighted by Gasteiger charge is -2.33. The van der Waals surface area contributed by atoms with Crippen LogP contribution < -0.4 is 27.0 Å². The van der Waals surface area contributed by atoms with Gasteiger partial charge in [0.25, 0.3) is 0 Å². The highest BCUT2D eigenvalue weighted by molar-refractivity contribution is 8.03. The number of primary amides is 1. The average molecular weight is 598 g/mol. The molecule has 0 spiro atoms. The highest BCUT2D eigenvalue weighted by Crippen LogP contribution is 2.30. The second kappa shape index (κ2) is 14.2. The van der Waals surface area contributed by atoms with Gasteiger partial charge in [-0.2, -0.15) is 23.5 Å². The Morgan fingerprint density at radius 2 is 1.66 bits per heavy atom. The van der Waals surface area contributed by atoms with Crippen LogP contribution in [0, 0.1) is 0 Å². The summed E-state index contributed by atoms with van der Waals surface area (Å²) in [6.45, 7) is 4.46. The Balaban J connectivity index is 1.56. The number of thioether (sulfide) groups is 2. The second-order valence-corrected chi connectivity index (χ2v) is 13.8. The number of carbonyl (C=O) groups is 4. The Morgan fingerprint density at radius 3 is 2.34 bits per heavy atom. The molecule has 0 saturated carbocycles. The lowest BCUT2D eigenvalue weighted by atomic mass is 9.91. The Labute approximate surface area is 249 Å². The fraction of sp³-hybridized carbons (Fsp3) is 0.467. The third-order valence-electron chi connectivity index (χ3n) is 7.53. The van der Waals surface area contributed by atoms with Crippen molar-refractivity contribution < 1.29 is 19.2 Å². The van der Waals surface area contributed by atoms with Crippen LogP contribution in [-0.4, -0.2) is 76.3 Å². The average Bonchev–Trinajstić information content (AvgIpc) is 3.45. The van der Waals surface area contributed by atoms with Gasteiger partial charge in [0.05, 0.1) is 6.04 Å². The molecule has 2 fully saturated rings. The van der Waals surface area contributed by atoms with Crippen molar-refractivity contribution in [3.05, 3.63) is 71.8 Å². The molecular weight excluding hydrogens is 558 g/mol. The molecule has 2 aromatic rings. The quantitative estimate of drug-likeness (QED) is 0.340. The van der Waals surface area contributed by atoms with Gasteiger partial charge in [-0.3, -0.25) is 19.2 Å². The Hall–Kier alpha value is -3.02.